The Bertz CT molecular complexity index is 613. The molecule has 0 aromatic carbocycles. The average Bonchev–Trinajstić information content (AvgIpc) is 2.76. The number of thiophene rings is 1. The van der Waals surface area contributed by atoms with E-state index in [1.54, 1.807) is 11.3 Å². The normalized spacial score (nSPS) is 24.3. The number of rotatable bonds is 2. The number of aryl methyl sites for hydroxylation is 1. The third-order valence-corrected chi connectivity index (χ3v) is 6.29. The number of carboxylic acids is 1. The van der Waals surface area contributed by atoms with E-state index in [2.05, 4.69) is 19.9 Å². The van der Waals surface area contributed by atoms with Crippen molar-refractivity contribution in [1.29, 1.82) is 0 Å². The molecule has 3 rings (SSSR count). The molecular weight excluding hydrogens is 282 g/mol. The highest BCUT2D eigenvalue weighted by atomic mass is 32.1. The number of allylic oxidation sites excluding steroid dienone is 2. The molecule has 4 heteroatoms. The zero-order valence-electron chi connectivity index (χ0n) is 12.7. The summed E-state index contributed by atoms with van der Waals surface area (Å²) in [5.41, 5.74) is 8.74. The van der Waals surface area contributed by atoms with Crippen LogP contribution >= 0.6 is 11.3 Å². The molecule has 2 aliphatic carbocycles. The van der Waals surface area contributed by atoms with E-state index >= 15 is 0 Å². The molecule has 0 aliphatic heterocycles. The van der Waals surface area contributed by atoms with Gasteiger partial charge < -0.3 is 10.8 Å². The second-order valence-corrected chi connectivity index (χ2v) is 8.28. The fraction of sp³-hybridized carbons (Fsp3) is 0.588. The first kappa shape index (κ1) is 14.6. The minimum absolute atomic E-state index is 0.215. The summed E-state index contributed by atoms with van der Waals surface area (Å²) in [6.45, 7) is 4.48. The van der Waals surface area contributed by atoms with Crippen LogP contribution in [-0.4, -0.2) is 11.1 Å². The Morgan fingerprint density at radius 3 is 2.81 bits per heavy atom. The highest BCUT2D eigenvalue weighted by molar-refractivity contribution is 7.12. The first-order valence-electron chi connectivity index (χ1n) is 7.69. The number of aromatic carboxylic acids is 1. The van der Waals surface area contributed by atoms with Crippen LogP contribution in [0.25, 0.3) is 0 Å². The van der Waals surface area contributed by atoms with Crippen molar-refractivity contribution in [2.45, 2.75) is 58.3 Å². The topological polar surface area (TPSA) is 63.3 Å². The van der Waals surface area contributed by atoms with Crippen molar-refractivity contribution >= 4 is 17.3 Å². The highest BCUT2D eigenvalue weighted by Crippen LogP contribution is 2.46. The molecule has 1 atom stereocenters. The monoisotopic (exact) mass is 305 g/mol. The molecule has 1 heterocycles. The number of hydrogen-bond acceptors (Lipinski definition) is 3. The van der Waals surface area contributed by atoms with Crippen molar-refractivity contribution in [2.24, 2.45) is 11.1 Å². The van der Waals surface area contributed by atoms with Gasteiger partial charge in [-0.15, -0.1) is 11.3 Å². The smallest absolute Gasteiger partial charge is 0.337 e. The minimum atomic E-state index is -0.747. The molecule has 0 bridgehead atoms. The maximum atomic E-state index is 11.8. The van der Waals surface area contributed by atoms with Crippen molar-refractivity contribution < 1.29 is 9.90 Å². The Morgan fingerprint density at radius 2 is 2.19 bits per heavy atom. The van der Waals surface area contributed by atoms with E-state index in [-0.39, 0.29) is 5.41 Å². The van der Waals surface area contributed by atoms with E-state index in [1.807, 2.05) is 0 Å². The molecule has 0 spiro atoms. The Kier molecular flexibility index (Phi) is 3.60. The Hall–Kier alpha value is -1.29. The first-order chi connectivity index (χ1) is 9.87. The van der Waals surface area contributed by atoms with Crippen LogP contribution in [0.15, 0.2) is 11.8 Å². The molecule has 0 amide bonds. The van der Waals surface area contributed by atoms with Crippen molar-refractivity contribution in [3.8, 4) is 0 Å². The zero-order chi connectivity index (χ0) is 15.2. The van der Waals surface area contributed by atoms with Gasteiger partial charge in [0.25, 0.3) is 0 Å². The quantitative estimate of drug-likeness (QED) is 0.865. The van der Waals surface area contributed by atoms with Gasteiger partial charge in [0.2, 0.25) is 0 Å². The van der Waals surface area contributed by atoms with E-state index in [1.165, 1.54) is 4.88 Å². The Morgan fingerprint density at radius 1 is 1.43 bits per heavy atom. The number of fused-ring (bicyclic) bond motifs is 1. The van der Waals surface area contributed by atoms with E-state index in [9.17, 15) is 9.90 Å². The standard InChI is InChI=1S/C17H23NO2S/c1-17(2)8-7-13-12(9-17)14(16(19)20)15(21-13)10-3-5-11(18)6-4-10/h5,10H,3-4,6-9,18H2,1-2H3,(H,19,20). The summed E-state index contributed by atoms with van der Waals surface area (Å²) in [5, 5.41) is 9.73. The van der Waals surface area contributed by atoms with Crippen LogP contribution in [-0.2, 0) is 12.8 Å². The van der Waals surface area contributed by atoms with Crippen LogP contribution in [0.3, 0.4) is 0 Å². The van der Waals surface area contributed by atoms with Crippen LogP contribution in [0.4, 0.5) is 0 Å². The molecule has 0 fully saturated rings. The van der Waals surface area contributed by atoms with Crippen LogP contribution < -0.4 is 5.73 Å². The molecule has 1 unspecified atom stereocenters. The summed E-state index contributed by atoms with van der Waals surface area (Å²) in [7, 11) is 0. The summed E-state index contributed by atoms with van der Waals surface area (Å²) in [6, 6.07) is 0. The molecule has 3 nitrogen and oxygen atoms in total. The SMILES string of the molecule is CC1(C)CCc2sc(C3CC=C(N)CC3)c(C(=O)O)c2C1. The molecule has 1 aromatic rings. The van der Waals surface area contributed by atoms with Gasteiger partial charge in [0.15, 0.2) is 0 Å². The van der Waals surface area contributed by atoms with Crippen molar-refractivity contribution in [3.63, 3.8) is 0 Å². The second kappa shape index (κ2) is 5.16. The van der Waals surface area contributed by atoms with Gasteiger partial charge in [0, 0.05) is 15.5 Å². The van der Waals surface area contributed by atoms with Gasteiger partial charge in [0.05, 0.1) is 5.56 Å². The summed E-state index contributed by atoms with van der Waals surface area (Å²) < 4.78 is 0. The number of carboxylic acid groups (broad SMARTS) is 1. The van der Waals surface area contributed by atoms with Crippen LogP contribution in [0.5, 0.6) is 0 Å². The molecule has 3 N–H and O–H groups in total. The molecule has 0 saturated heterocycles. The van der Waals surface area contributed by atoms with Crippen LogP contribution in [0.1, 0.15) is 71.1 Å². The predicted octanol–water partition coefficient (Wildman–Crippen LogP) is 4.07. The van der Waals surface area contributed by atoms with E-state index in [0.29, 0.717) is 11.5 Å². The summed E-state index contributed by atoms with van der Waals surface area (Å²) in [5.74, 6) is -0.412. The fourth-order valence-corrected chi connectivity index (χ4v) is 5.02. The molecule has 114 valence electrons. The predicted molar refractivity (Wildman–Crippen MR) is 85.9 cm³/mol. The third kappa shape index (κ3) is 2.73. The van der Waals surface area contributed by atoms with E-state index in [4.69, 9.17) is 5.73 Å². The van der Waals surface area contributed by atoms with Crippen molar-refractivity contribution in [3.05, 3.63) is 32.7 Å². The van der Waals surface area contributed by atoms with Gasteiger partial charge in [-0.3, -0.25) is 0 Å². The van der Waals surface area contributed by atoms with Gasteiger partial charge in [-0.25, -0.2) is 4.79 Å². The van der Waals surface area contributed by atoms with Crippen molar-refractivity contribution in [1.82, 2.24) is 0 Å². The summed E-state index contributed by atoms with van der Waals surface area (Å²) in [4.78, 5) is 14.2. The Labute approximate surface area is 129 Å². The molecular formula is C17H23NO2S. The van der Waals surface area contributed by atoms with Gasteiger partial charge in [0.1, 0.15) is 0 Å². The molecule has 0 saturated carbocycles. The molecule has 2 aliphatic rings. The van der Waals surface area contributed by atoms with Crippen molar-refractivity contribution in [2.75, 3.05) is 0 Å². The lowest BCUT2D eigenvalue weighted by Gasteiger charge is -2.29. The lowest BCUT2D eigenvalue weighted by molar-refractivity contribution is 0.0693. The van der Waals surface area contributed by atoms with E-state index < -0.39 is 5.97 Å². The maximum absolute atomic E-state index is 11.8. The molecule has 0 radical (unpaired) electrons. The average molecular weight is 305 g/mol. The van der Waals surface area contributed by atoms with Gasteiger partial charge >= 0.3 is 5.97 Å². The van der Waals surface area contributed by atoms with Crippen LogP contribution in [0.2, 0.25) is 0 Å². The van der Waals surface area contributed by atoms with Gasteiger partial charge in [-0.2, -0.15) is 0 Å². The molecule has 21 heavy (non-hydrogen) atoms. The largest absolute Gasteiger partial charge is 0.478 e. The zero-order valence-corrected chi connectivity index (χ0v) is 13.6. The fourth-order valence-electron chi connectivity index (χ4n) is 3.56. The number of nitrogens with two attached hydrogens (primary N) is 1. The van der Waals surface area contributed by atoms with Crippen LogP contribution in [0, 0.1) is 5.41 Å². The molecule has 1 aromatic heterocycles. The Balaban J connectivity index is 2.02. The maximum Gasteiger partial charge on any atom is 0.337 e. The second-order valence-electron chi connectivity index (χ2n) is 7.14. The number of carbonyl (C=O) groups is 1. The lowest BCUT2D eigenvalue weighted by Crippen LogP contribution is -2.22. The highest BCUT2D eigenvalue weighted by Gasteiger charge is 2.34. The van der Waals surface area contributed by atoms with E-state index in [0.717, 1.165) is 54.7 Å². The van der Waals surface area contributed by atoms with Gasteiger partial charge in [-0.05, 0) is 55.4 Å². The first-order valence-corrected chi connectivity index (χ1v) is 8.51. The third-order valence-electron chi connectivity index (χ3n) is 4.83. The number of hydrogen-bond donors (Lipinski definition) is 2. The lowest BCUT2D eigenvalue weighted by atomic mass is 9.75. The summed E-state index contributed by atoms with van der Waals surface area (Å²) >= 11 is 1.75. The van der Waals surface area contributed by atoms with Gasteiger partial charge in [-0.1, -0.05) is 19.9 Å². The minimum Gasteiger partial charge on any atom is -0.478 e. The summed E-state index contributed by atoms with van der Waals surface area (Å²) in [6.07, 6.45) is 7.89.